The molecular weight excluding hydrogens is 209 g/mol. The Bertz CT molecular complexity index is 66.0. The molecule has 0 bridgehead atoms. The highest BCUT2D eigenvalue weighted by Gasteiger charge is 1.92. The summed E-state index contributed by atoms with van der Waals surface area (Å²) in [6.45, 7) is 0.275. The molecule has 0 rings (SSSR count). The Labute approximate surface area is 55.9 Å². The molecule has 42 valence electrons. The highest BCUT2D eigenvalue weighted by Crippen LogP contribution is 1.71. The Morgan fingerprint density at radius 3 is 2.71 bits per heavy atom. The predicted octanol–water partition coefficient (Wildman–Crippen LogP) is 0.0990. The summed E-state index contributed by atoms with van der Waals surface area (Å²) < 4.78 is 6.90. The van der Waals surface area contributed by atoms with Crippen molar-refractivity contribution < 1.29 is 9.53 Å². The first-order chi connectivity index (χ1) is 3.31. The molecule has 0 saturated carbocycles. The fourth-order valence-electron chi connectivity index (χ4n) is 0.127. The van der Waals surface area contributed by atoms with Crippen molar-refractivity contribution >= 4 is 28.8 Å². The number of rotatable bonds is 2. The molecule has 0 unspecified atom stereocenters. The van der Waals surface area contributed by atoms with Crippen LogP contribution < -0.4 is 3.53 Å². The van der Waals surface area contributed by atoms with Crippen LogP contribution in [-0.2, 0) is 9.53 Å². The summed E-state index contributed by atoms with van der Waals surface area (Å²) in [5.74, 6) is -0.241. The average molecular weight is 215 g/mol. The number of ether oxygens (including phenoxy) is 1. The van der Waals surface area contributed by atoms with Gasteiger partial charge in [-0.3, -0.25) is 4.79 Å². The summed E-state index contributed by atoms with van der Waals surface area (Å²) >= 11 is 1.88. The Morgan fingerprint density at radius 1 is 2.00 bits per heavy atom. The molecule has 7 heavy (non-hydrogen) atoms. The monoisotopic (exact) mass is 215 g/mol. The number of hydrogen-bond donors (Lipinski definition) is 1. The van der Waals surface area contributed by atoms with Gasteiger partial charge in [-0.05, 0) is 0 Å². The van der Waals surface area contributed by atoms with Gasteiger partial charge in [-0.15, -0.1) is 0 Å². The van der Waals surface area contributed by atoms with Crippen LogP contribution in [0.15, 0.2) is 0 Å². The number of halogens is 1. The smallest absolute Gasteiger partial charge is 0.320 e. The predicted molar refractivity (Wildman–Crippen MR) is 34.0 cm³/mol. The Kier molecular flexibility index (Phi) is 4.42. The van der Waals surface area contributed by atoms with Crippen molar-refractivity contribution in [1.82, 2.24) is 3.53 Å². The lowest BCUT2D eigenvalue weighted by Gasteiger charge is -1.91. The van der Waals surface area contributed by atoms with Crippen LogP contribution in [0.3, 0.4) is 0 Å². The molecule has 3 nitrogen and oxygen atoms in total. The van der Waals surface area contributed by atoms with Crippen molar-refractivity contribution in [1.29, 1.82) is 0 Å². The minimum Gasteiger partial charge on any atom is -0.468 e. The zero-order valence-electron chi connectivity index (χ0n) is 3.90. The molecule has 0 fully saturated rings. The topological polar surface area (TPSA) is 38.3 Å². The molecule has 0 atom stereocenters. The van der Waals surface area contributed by atoms with E-state index in [1.54, 1.807) is 0 Å². The zero-order chi connectivity index (χ0) is 5.70. The summed E-state index contributed by atoms with van der Waals surface area (Å²) in [6, 6.07) is 0. The van der Waals surface area contributed by atoms with E-state index in [0.29, 0.717) is 0 Å². The summed E-state index contributed by atoms with van der Waals surface area (Å²) in [7, 11) is 1.36. The van der Waals surface area contributed by atoms with Gasteiger partial charge in [-0.25, -0.2) is 3.53 Å². The second-order valence-corrected chi connectivity index (χ2v) is 1.65. The van der Waals surface area contributed by atoms with Crippen molar-refractivity contribution in [3.8, 4) is 0 Å². The number of methoxy groups -OCH3 is 1. The van der Waals surface area contributed by atoms with Gasteiger partial charge in [0.2, 0.25) is 0 Å². The number of esters is 1. The second kappa shape index (κ2) is 4.32. The van der Waals surface area contributed by atoms with Gasteiger partial charge in [-0.1, -0.05) is 0 Å². The normalized spacial score (nSPS) is 8.29. The van der Waals surface area contributed by atoms with Crippen molar-refractivity contribution in [3.05, 3.63) is 0 Å². The maximum atomic E-state index is 10.1. The van der Waals surface area contributed by atoms with Gasteiger partial charge < -0.3 is 4.74 Å². The third-order valence-electron chi connectivity index (χ3n) is 0.439. The molecule has 0 spiro atoms. The highest BCUT2D eigenvalue weighted by molar-refractivity contribution is 14.1. The van der Waals surface area contributed by atoms with Crippen molar-refractivity contribution in [2.45, 2.75) is 0 Å². The van der Waals surface area contributed by atoms with Crippen LogP contribution in [0.25, 0.3) is 0 Å². The van der Waals surface area contributed by atoms with Crippen molar-refractivity contribution in [2.75, 3.05) is 13.7 Å². The van der Waals surface area contributed by atoms with Gasteiger partial charge in [0.25, 0.3) is 0 Å². The first-order valence-electron chi connectivity index (χ1n) is 1.71. The molecular formula is C3H6INO2. The van der Waals surface area contributed by atoms with Crippen LogP contribution in [-0.4, -0.2) is 19.6 Å². The van der Waals surface area contributed by atoms with E-state index in [-0.39, 0.29) is 12.5 Å². The molecule has 0 aromatic carbocycles. The number of carbonyl (C=O) groups excluding carboxylic acids is 1. The fraction of sp³-hybridized carbons (Fsp3) is 0.667. The molecule has 0 amide bonds. The molecule has 0 aliphatic carbocycles. The summed E-state index contributed by atoms with van der Waals surface area (Å²) in [5.41, 5.74) is 0. The molecule has 0 radical (unpaired) electrons. The molecule has 0 saturated heterocycles. The van der Waals surface area contributed by atoms with Crippen LogP contribution in [0.1, 0.15) is 0 Å². The molecule has 1 N–H and O–H groups in total. The molecule has 0 heterocycles. The zero-order valence-corrected chi connectivity index (χ0v) is 6.06. The average Bonchev–Trinajstić information content (AvgIpc) is 1.68. The SMILES string of the molecule is COC(=O)CNI. The van der Waals surface area contributed by atoms with Gasteiger partial charge in [-0.2, -0.15) is 0 Å². The lowest BCUT2D eigenvalue weighted by Crippen LogP contribution is -2.14. The Balaban J connectivity index is 3.00. The van der Waals surface area contributed by atoms with Gasteiger partial charge in [0, 0.05) is 22.9 Å². The molecule has 4 heteroatoms. The van der Waals surface area contributed by atoms with Gasteiger partial charge in [0.1, 0.15) is 6.54 Å². The van der Waals surface area contributed by atoms with E-state index in [0.717, 1.165) is 0 Å². The van der Waals surface area contributed by atoms with Gasteiger partial charge in [0.05, 0.1) is 7.11 Å². The fourth-order valence-corrected chi connectivity index (χ4v) is 0.438. The highest BCUT2D eigenvalue weighted by atomic mass is 127. The third kappa shape index (κ3) is 4.00. The van der Waals surface area contributed by atoms with Crippen LogP contribution in [0.5, 0.6) is 0 Å². The summed E-state index contributed by atoms with van der Waals surface area (Å²) in [5, 5.41) is 0. The number of carbonyl (C=O) groups is 1. The minimum atomic E-state index is -0.241. The molecule has 0 aliphatic heterocycles. The number of hydrogen-bond acceptors (Lipinski definition) is 3. The maximum Gasteiger partial charge on any atom is 0.320 e. The van der Waals surface area contributed by atoms with E-state index in [2.05, 4.69) is 8.27 Å². The van der Waals surface area contributed by atoms with Gasteiger partial charge in [0.15, 0.2) is 0 Å². The van der Waals surface area contributed by atoms with Crippen LogP contribution in [0, 0.1) is 0 Å². The lowest BCUT2D eigenvalue weighted by molar-refractivity contribution is -0.139. The van der Waals surface area contributed by atoms with E-state index in [1.165, 1.54) is 7.11 Å². The van der Waals surface area contributed by atoms with Gasteiger partial charge >= 0.3 is 5.97 Å². The summed E-state index contributed by atoms with van der Waals surface area (Å²) in [4.78, 5) is 10.1. The number of nitrogens with one attached hydrogen (secondary N) is 1. The standard InChI is InChI=1S/C3H6INO2/c1-7-3(6)2-5-4/h5H,2H2,1H3. The van der Waals surface area contributed by atoms with Crippen LogP contribution in [0.4, 0.5) is 0 Å². The Hall–Kier alpha value is 0.160. The summed E-state index contributed by atoms with van der Waals surface area (Å²) in [6.07, 6.45) is 0. The largest absolute Gasteiger partial charge is 0.468 e. The van der Waals surface area contributed by atoms with Crippen LogP contribution >= 0.6 is 22.9 Å². The van der Waals surface area contributed by atoms with E-state index < -0.39 is 0 Å². The quantitative estimate of drug-likeness (QED) is 0.403. The first kappa shape index (κ1) is 7.16. The molecule has 0 aliphatic rings. The second-order valence-electron chi connectivity index (χ2n) is 0.887. The molecule has 0 aromatic rings. The lowest BCUT2D eigenvalue weighted by atomic mass is 10.7. The van der Waals surface area contributed by atoms with Crippen molar-refractivity contribution in [2.24, 2.45) is 0 Å². The third-order valence-corrected chi connectivity index (χ3v) is 0.820. The first-order valence-corrected chi connectivity index (χ1v) is 2.79. The van der Waals surface area contributed by atoms with E-state index in [4.69, 9.17) is 0 Å². The molecule has 0 aromatic heterocycles. The van der Waals surface area contributed by atoms with Crippen molar-refractivity contribution in [3.63, 3.8) is 0 Å². The van der Waals surface area contributed by atoms with E-state index in [1.807, 2.05) is 22.9 Å². The minimum absolute atomic E-state index is 0.241. The maximum absolute atomic E-state index is 10.1. The van der Waals surface area contributed by atoms with E-state index in [9.17, 15) is 4.79 Å². The Morgan fingerprint density at radius 2 is 2.57 bits per heavy atom. The van der Waals surface area contributed by atoms with Crippen LogP contribution in [0.2, 0.25) is 0 Å². The van der Waals surface area contributed by atoms with E-state index >= 15 is 0 Å².